The minimum Gasteiger partial charge on any atom is -0.493 e. The molecule has 0 unspecified atom stereocenters. The average Bonchev–Trinajstić information content (AvgIpc) is 2.91. The van der Waals surface area contributed by atoms with Crippen LogP contribution in [0, 0.1) is 0 Å². The first kappa shape index (κ1) is 18.2. The van der Waals surface area contributed by atoms with Crippen LogP contribution in [0.5, 0.6) is 23.0 Å². The number of fused-ring (bicyclic) bond motifs is 1. The molecular formula is C19H20ClNO5. The topological polar surface area (TPSA) is 66.0 Å². The van der Waals surface area contributed by atoms with Crippen molar-refractivity contribution in [2.75, 3.05) is 26.9 Å². The van der Waals surface area contributed by atoms with Crippen molar-refractivity contribution >= 4 is 17.5 Å². The third-order valence-electron chi connectivity index (χ3n) is 3.78. The molecule has 0 saturated carbocycles. The van der Waals surface area contributed by atoms with Crippen LogP contribution in [-0.2, 0) is 11.3 Å². The van der Waals surface area contributed by atoms with Gasteiger partial charge in [0.15, 0.2) is 29.6 Å². The Kier molecular flexibility index (Phi) is 6.07. The molecular weight excluding hydrogens is 358 g/mol. The number of benzene rings is 2. The summed E-state index contributed by atoms with van der Waals surface area (Å²) < 4.78 is 21.9. The van der Waals surface area contributed by atoms with Gasteiger partial charge in [0.05, 0.1) is 25.3 Å². The maximum atomic E-state index is 12.1. The summed E-state index contributed by atoms with van der Waals surface area (Å²) in [6, 6.07) is 10.8. The second-order valence-electron chi connectivity index (χ2n) is 5.67. The summed E-state index contributed by atoms with van der Waals surface area (Å²) in [5, 5.41) is 3.27. The predicted molar refractivity (Wildman–Crippen MR) is 97.4 cm³/mol. The molecule has 0 aromatic heterocycles. The van der Waals surface area contributed by atoms with Crippen LogP contribution in [0.25, 0.3) is 0 Å². The van der Waals surface area contributed by atoms with Gasteiger partial charge in [-0.2, -0.15) is 0 Å². The highest BCUT2D eigenvalue weighted by molar-refractivity contribution is 6.32. The summed E-state index contributed by atoms with van der Waals surface area (Å²) in [5.41, 5.74) is 0.824. The fourth-order valence-electron chi connectivity index (χ4n) is 2.52. The molecule has 0 atom stereocenters. The monoisotopic (exact) mass is 377 g/mol. The van der Waals surface area contributed by atoms with Crippen LogP contribution in [0.15, 0.2) is 36.4 Å². The van der Waals surface area contributed by atoms with E-state index in [1.165, 1.54) is 0 Å². The number of hydrogen-bond donors (Lipinski definition) is 1. The van der Waals surface area contributed by atoms with E-state index in [-0.39, 0.29) is 12.5 Å². The van der Waals surface area contributed by atoms with E-state index in [4.69, 9.17) is 30.5 Å². The first-order valence-corrected chi connectivity index (χ1v) is 8.65. The largest absolute Gasteiger partial charge is 0.493 e. The Balaban J connectivity index is 1.56. The Labute approximate surface area is 157 Å². The molecule has 2 aromatic carbocycles. The van der Waals surface area contributed by atoms with Crippen molar-refractivity contribution in [3.8, 4) is 23.0 Å². The van der Waals surface area contributed by atoms with Gasteiger partial charge >= 0.3 is 0 Å². The van der Waals surface area contributed by atoms with Crippen molar-refractivity contribution in [1.82, 2.24) is 5.32 Å². The molecule has 0 spiro atoms. The van der Waals surface area contributed by atoms with Gasteiger partial charge in [-0.15, -0.1) is 0 Å². The Hall–Kier alpha value is -2.60. The molecule has 0 aliphatic carbocycles. The number of hydrogen-bond acceptors (Lipinski definition) is 5. The second kappa shape index (κ2) is 8.67. The minimum absolute atomic E-state index is 0.112. The van der Waals surface area contributed by atoms with Gasteiger partial charge < -0.3 is 24.3 Å². The summed E-state index contributed by atoms with van der Waals surface area (Å²) in [5.74, 6) is 2.00. The smallest absolute Gasteiger partial charge is 0.258 e. The highest BCUT2D eigenvalue weighted by atomic mass is 35.5. The van der Waals surface area contributed by atoms with Crippen molar-refractivity contribution in [2.24, 2.45) is 0 Å². The summed E-state index contributed by atoms with van der Waals surface area (Å²) in [6.07, 6.45) is 0.803. The fraction of sp³-hybridized carbons (Fsp3) is 0.316. The maximum Gasteiger partial charge on any atom is 0.258 e. The quantitative estimate of drug-likeness (QED) is 0.837. The molecule has 1 heterocycles. The number of methoxy groups -OCH3 is 1. The number of amides is 1. The van der Waals surface area contributed by atoms with Gasteiger partial charge in [-0.25, -0.2) is 0 Å². The van der Waals surface area contributed by atoms with Crippen LogP contribution in [0.2, 0.25) is 5.02 Å². The SMILES string of the molecule is COc1ccccc1OCC(=O)NCc1cc(Cl)c2c(c1)OCCCO2. The Bertz CT molecular complexity index is 781. The molecule has 26 heavy (non-hydrogen) atoms. The number of para-hydroxylation sites is 2. The van der Waals surface area contributed by atoms with E-state index in [2.05, 4.69) is 5.32 Å². The summed E-state index contributed by atoms with van der Waals surface area (Å²) in [4.78, 5) is 12.1. The Morgan fingerprint density at radius 3 is 2.77 bits per heavy atom. The Morgan fingerprint density at radius 2 is 1.96 bits per heavy atom. The van der Waals surface area contributed by atoms with Crippen molar-refractivity contribution in [1.29, 1.82) is 0 Å². The van der Waals surface area contributed by atoms with Gasteiger partial charge in [-0.1, -0.05) is 23.7 Å². The molecule has 0 saturated heterocycles. The van der Waals surface area contributed by atoms with Crippen molar-refractivity contribution in [3.05, 3.63) is 47.0 Å². The van der Waals surface area contributed by atoms with Crippen LogP contribution >= 0.6 is 11.6 Å². The molecule has 1 amide bonds. The number of rotatable bonds is 6. The first-order chi connectivity index (χ1) is 12.7. The molecule has 6 nitrogen and oxygen atoms in total. The zero-order valence-corrected chi connectivity index (χ0v) is 15.2. The molecule has 0 bridgehead atoms. The minimum atomic E-state index is -0.251. The molecule has 0 fully saturated rings. The lowest BCUT2D eigenvalue weighted by molar-refractivity contribution is -0.123. The van der Waals surface area contributed by atoms with Gasteiger partial charge in [-0.3, -0.25) is 4.79 Å². The van der Waals surface area contributed by atoms with Crippen LogP contribution in [0.3, 0.4) is 0 Å². The van der Waals surface area contributed by atoms with E-state index in [0.29, 0.717) is 47.8 Å². The van der Waals surface area contributed by atoms with E-state index in [9.17, 15) is 4.79 Å². The lowest BCUT2D eigenvalue weighted by atomic mass is 10.2. The lowest BCUT2D eigenvalue weighted by Crippen LogP contribution is -2.28. The van der Waals surface area contributed by atoms with E-state index in [0.717, 1.165) is 12.0 Å². The van der Waals surface area contributed by atoms with Crippen molar-refractivity contribution < 1.29 is 23.7 Å². The summed E-state index contributed by atoms with van der Waals surface area (Å²) in [6.45, 7) is 1.35. The molecule has 0 radical (unpaired) electrons. The van der Waals surface area contributed by atoms with Gasteiger partial charge in [0, 0.05) is 13.0 Å². The third-order valence-corrected chi connectivity index (χ3v) is 4.06. The molecule has 1 N–H and O–H groups in total. The molecule has 1 aliphatic rings. The summed E-state index contributed by atoms with van der Waals surface area (Å²) >= 11 is 6.25. The Morgan fingerprint density at radius 1 is 1.19 bits per heavy atom. The first-order valence-electron chi connectivity index (χ1n) is 8.28. The van der Waals surface area contributed by atoms with Crippen LogP contribution in [-0.4, -0.2) is 32.8 Å². The van der Waals surface area contributed by atoms with E-state index in [1.54, 1.807) is 25.3 Å². The molecule has 3 rings (SSSR count). The van der Waals surface area contributed by atoms with Gasteiger partial charge in [0.1, 0.15) is 0 Å². The molecule has 138 valence electrons. The van der Waals surface area contributed by atoms with Crippen LogP contribution < -0.4 is 24.3 Å². The number of halogens is 1. The number of carbonyl (C=O) groups is 1. The molecule has 2 aromatic rings. The zero-order chi connectivity index (χ0) is 18.4. The summed E-state index contributed by atoms with van der Waals surface area (Å²) in [7, 11) is 1.55. The highest BCUT2D eigenvalue weighted by Crippen LogP contribution is 2.37. The number of carbonyl (C=O) groups excluding carboxylic acids is 1. The fourth-order valence-corrected chi connectivity index (χ4v) is 2.81. The second-order valence-corrected chi connectivity index (χ2v) is 6.08. The van der Waals surface area contributed by atoms with Gasteiger partial charge in [0.2, 0.25) is 0 Å². The van der Waals surface area contributed by atoms with Gasteiger partial charge in [0.25, 0.3) is 5.91 Å². The number of nitrogens with one attached hydrogen (secondary N) is 1. The van der Waals surface area contributed by atoms with Crippen molar-refractivity contribution in [2.45, 2.75) is 13.0 Å². The normalized spacial score (nSPS) is 12.8. The lowest BCUT2D eigenvalue weighted by Gasteiger charge is -2.13. The van der Waals surface area contributed by atoms with Crippen molar-refractivity contribution in [3.63, 3.8) is 0 Å². The number of ether oxygens (including phenoxy) is 4. The standard InChI is InChI=1S/C19H20ClNO5/c1-23-15-5-2-3-6-16(15)26-12-18(22)21-11-13-9-14(20)19-17(10-13)24-7-4-8-25-19/h2-3,5-6,9-10H,4,7-8,11-12H2,1H3,(H,21,22). The average molecular weight is 378 g/mol. The van der Waals surface area contributed by atoms with Crippen LogP contribution in [0.1, 0.15) is 12.0 Å². The molecule has 1 aliphatic heterocycles. The zero-order valence-electron chi connectivity index (χ0n) is 14.4. The van der Waals surface area contributed by atoms with E-state index < -0.39 is 0 Å². The van der Waals surface area contributed by atoms with Crippen LogP contribution in [0.4, 0.5) is 0 Å². The predicted octanol–water partition coefficient (Wildman–Crippen LogP) is 3.21. The van der Waals surface area contributed by atoms with E-state index >= 15 is 0 Å². The highest BCUT2D eigenvalue weighted by Gasteiger charge is 2.16. The van der Waals surface area contributed by atoms with E-state index in [1.807, 2.05) is 18.2 Å². The third kappa shape index (κ3) is 4.52. The molecule has 7 heteroatoms. The maximum absolute atomic E-state index is 12.1. The van der Waals surface area contributed by atoms with Gasteiger partial charge in [-0.05, 0) is 29.8 Å².